The maximum Gasteiger partial charge on any atom is 0.219 e. The summed E-state index contributed by atoms with van der Waals surface area (Å²) >= 11 is 0. The number of amides is 1. The lowest BCUT2D eigenvalue weighted by Gasteiger charge is -2.45. The molecule has 2 aliphatic rings. The molecular formula is C24H25N5O3. The van der Waals surface area contributed by atoms with Crippen molar-refractivity contribution in [1.82, 2.24) is 4.90 Å². The summed E-state index contributed by atoms with van der Waals surface area (Å²) in [6.45, 7) is 6.66. The third kappa shape index (κ3) is 3.53. The Morgan fingerprint density at radius 2 is 1.84 bits per heavy atom. The second kappa shape index (κ2) is 9.04. The lowest BCUT2D eigenvalue weighted by molar-refractivity contribution is -0.129. The number of nitrogens with zero attached hydrogens (tertiary/aromatic N) is 4. The molecule has 0 saturated carbocycles. The van der Waals surface area contributed by atoms with E-state index in [-0.39, 0.29) is 23.7 Å². The number of carbonyl (C=O) groups excluding carboxylic acids is 1. The first-order valence-corrected chi connectivity index (χ1v) is 10.5. The molecule has 0 unspecified atom stereocenters. The summed E-state index contributed by atoms with van der Waals surface area (Å²) < 4.78 is 11.4. The third-order valence-electron chi connectivity index (χ3n) is 6.04. The molecule has 0 fully saturated rings. The van der Waals surface area contributed by atoms with E-state index in [2.05, 4.69) is 18.2 Å². The summed E-state index contributed by atoms with van der Waals surface area (Å²) in [6.07, 6.45) is 1.80. The Kier molecular flexibility index (Phi) is 6.42. The lowest BCUT2D eigenvalue weighted by Crippen LogP contribution is -2.48. The molecule has 8 heteroatoms. The van der Waals surface area contributed by atoms with Crippen molar-refractivity contribution in [3.05, 3.63) is 46.7 Å². The average Bonchev–Trinajstić information content (AvgIpc) is 2.79. The number of hydrogen-bond acceptors (Lipinski definition) is 7. The Labute approximate surface area is 187 Å². The second-order valence-electron chi connectivity index (χ2n) is 7.67. The van der Waals surface area contributed by atoms with Gasteiger partial charge in [-0.05, 0) is 37.1 Å². The van der Waals surface area contributed by atoms with Gasteiger partial charge in [0.05, 0.1) is 36.6 Å². The van der Waals surface area contributed by atoms with Crippen LogP contribution in [0.1, 0.15) is 32.3 Å². The molecule has 0 aromatic heterocycles. The number of nitriles is 3. The van der Waals surface area contributed by atoms with Crippen molar-refractivity contribution in [2.75, 3.05) is 26.3 Å². The van der Waals surface area contributed by atoms with Crippen LogP contribution >= 0.6 is 0 Å². The first-order chi connectivity index (χ1) is 15.4. The zero-order chi connectivity index (χ0) is 23.5. The molecule has 2 atom stereocenters. The summed E-state index contributed by atoms with van der Waals surface area (Å²) in [6, 6.07) is 11.6. The van der Waals surface area contributed by atoms with Crippen molar-refractivity contribution in [2.45, 2.75) is 26.7 Å². The predicted octanol–water partition coefficient (Wildman–Crippen LogP) is 2.76. The van der Waals surface area contributed by atoms with Crippen LogP contribution in [0.25, 0.3) is 0 Å². The van der Waals surface area contributed by atoms with Crippen LogP contribution < -0.4 is 15.2 Å². The quantitative estimate of drug-likeness (QED) is 0.757. The normalized spacial score (nSPS) is 21.4. The van der Waals surface area contributed by atoms with Crippen LogP contribution in [0.4, 0.5) is 0 Å². The first kappa shape index (κ1) is 22.7. The molecule has 0 bridgehead atoms. The molecule has 0 saturated heterocycles. The van der Waals surface area contributed by atoms with Gasteiger partial charge in [0.1, 0.15) is 6.07 Å². The fourth-order valence-corrected chi connectivity index (χ4v) is 4.57. The van der Waals surface area contributed by atoms with E-state index in [9.17, 15) is 20.6 Å². The topological polar surface area (TPSA) is 136 Å². The summed E-state index contributed by atoms with van der Waals surface area (Å²) in [5.74, 6) is -0.241. The van der Waals surface area contributed by atoms with E-state index in [1.807, 2.05) is 13.8 Å². The van der Waals surface area contributed by atoms with Crippen LogP contribution in [0.2, 0.25) is 0 Å². The van der Waals surface area contributed by atoms with Gasteiger partial charge in [-0.3, -0.25) is 4.79 Å². The van der Waals surface area contributed by atoms with E-state index < -0.39 is 17.3 Å². The maximum atomic E-state index is 12.1. The number of hydrogen-bond donors (Lipinski definition) is 1. The van der Waals surface area contributed by atoms with Gasteiger partial charge < -0.3 is 20.1 Å². The second-order valence-corrected chi connectivity index (χ2v) is 7.67. The molecule has 0 radical (unpaired) electrons. The molecule has 1 heterocycles. The predicted molar refractivity (Wildman–Crippen MR) is 116 cm³/mol. The monoisotopic (exact) mass is 431 g/mol. The summed E-state index contributed by atoms with van der Waals surface area (Å²) in [4.78, 5) is 13.8. The van der Waals surface area contributed by atoms with Crippen LogP contribution in [0.5, 0.6) is 11.5 Å². The molecule has 1 aromatic rings. The third-order valence-corrected chi connectivity index (χ3v) is 6.04. The number of rotatable bonds is 5. The van der Waals surface area contributed by atoms with Gasteiger partial charge in [0.25, 0.3) is 0 Å². The minimum Gasteiger partial charge on any atom is -0.490 e. The highest BCUT2D eigenvalue weighted by molar-refractivity contribution is 5.74. The van der Waals surface area contributed by atoms with Gasteiger partial charge in [0.2, 0.25) is 5.91 Å². The molecule has 0 spiro atoms. The molecule has 3 rings (SSSR count). The molecule has 32 heavy (non-hydrogen) atoms. The molecule has 1 aromatic carbocycles. The largest absolute Gasteiger partial charge is 0.490 e. The van der Waals surface area contributed by atoms with E-state index in [1.165, 1.54) is 6.92 Å². The SMILES string of the molecule is CCOc1ccc([C@@H]2[C@H]3CN(C(C)=O)CC=C3C(C#N)=C(N)C2(C#N)C#N)cc1OCC. The molecule has 1 aliphatic carbocycles. The number of benzene rings is 1. The summed E-state index contributed by atoms with van der Waals surface area (Å²) in [7, 11) is 0. The highest BCUT2D eigenvalue weighted by Crippen LogP contribution is 2.54. The van der Waals surface area contributed by atoms with Crippen molar-refractivity contribution in [3.63, 3.8) is 0 Å². The Bertz CT molecular complexity index is 1100. The van der Waals surface area contributed by atoms with Gasteiger partial charge >= 0.3 is 0 Å². The molecule has 1 amide bonds. The van der Waals surface area contributed by atoms with E-state index >= 15 is 0 Å². The Morgan fingerprint density at radius 1 is 1.19 bits per heavy atom. The average molecular weight is 431 g/mol. The van der Waals surface area contributed by atoms with Gasteiger partial charge in [0.15, 0.2) is 16.9 Å². The van der Waals surface area contributed by atoms with Gasteiger partial charge in [-0.15, -0.1) is 0 Å². The molecule has 2 N–H and O–H groups in total. The van der Waals surface area contributed by atoms with Crippen molar-refractivity contribution in [2.24, 2.45) is 17.1 Å². The highest BCUT2D eigenvalue weighted by Gasteiger charge is 2.54. The van der Waals surface area contributed by atoms with E-state index in [4.69, 9.17) is 15.2 Å². The minimum absolute atomic E-state index is 0.0550. The van der Waals surface area contributed by atoms with Crippen molar-refractivity contribution in [3.8, 4) is 29.7 Å². The minimum atomic E-state index is -1.77. The van der Waals surface area contributed by atoms with E-state index in [0.717, 1.165) is 0 Å². The Balaban J connectivity index is 2.28. The molecule has 1 aliphatic heterocycles. The number of nitrogens with two attached hydrogens (primary N) is 1. The number of carbonyl (C=O) groups is 1. The molecule has 8 nitrogen and oxygen atoms in total. The van der Waals surface area contributed by atoms with Gasteiger partial charge in [0, 0.05) is 31.8 Å². The number of fused-ring (bicyclic) bond motifs is 1. The van der Waals surface area contributed by atoms with Gasteiger partial charge in [-0.2, -0.15) is 15.8 Å². The zero-order valence-electron chi connectivity index (χ0n) is 18.4. The van der Waals surface area contributed by atoms with Crippen LogP contribution in [-0.4, -0.2) is 37.1 Å². The van der Waals surface area contributed by atoms with E-state index in [0.29, 0.717) is 42.4 Å². The smallest absolute Gasteiger partial charge is 0.219 e. The summed E-state index contributed by atoms with van der Waals surface area (Å²) in [5.41, 5.74) is 5.97. The fraction of sp³-hybridized carbons (Fsp3) is 0.417. The zero-order valence-corrected chi connectivity index (χ0v) is 18.4. The first-order valence-electron chi connectivity index (χ1n) is 10.5. The standard InChI is InChI=1S/C24H25N5O3/c1-4-31-20-7-6-16(10-21(20)32-5-2)22-19-12-29(15(3)30)9-8-17(19)18(11-25)23(28)24(22,13-26)14-27/h6-8,10,19,22H,4-5,9,12,28H2,1-3H3/t19-,22+/m0/s1. The van der Waals surface area contributed by atoms with Crippen molar-refractivity contribution >= 4 is 5.91 Å². The fourth-order valence-electron chi connectivity index (χ4n) is 4.57. The Morgan fingerprint density at radius 3 is 2.41 bits per heavy atom. The van der Waals surface area contributed by atoms with Crippen LogP contribution in [0.3, 0.4) is 0 Å². The van der Waals surface area contributed by atoms with Crippen molar-refractivity contribution < 1.29 is 14.3 Å². The van der Waals surface area contributed by atoms with Gasteiger partial charge in [-0.1, -0.05) is 12.1 Å². The number of ether oxygens (including phenoxy) is 2. The maximum absolute atomic E-state index is 12.1. The van der Waals surface area contributed by atoms with E-state index in [1.54, 1.807) is 29.2 Å². The van der Waals surface area contributed by atoms with Crippen LogP contribution in [0.15, 0.2) is 41.1 Å². The van der Waals surface area contributed by atoms with Crippen molar-refractivity contribution in [1.29, 1.82) is 15.8 Å². The lowest BCUT2D eigenvalue weighted by atomic mass is 9.58. The summed E-state index contributed by atoms with van der Waals surface area (Å²) in [5, 5.41) is 30.2. The Hall–Kier alpha value is -3.96. The van der Waals surface area contributed by atoms with Crippen LogP contribution in [-0.2, 0) is 4.79 Å². The van der Waals surface area contributed by atoms with Crippen LogP contribution in [0, 0.1) is 45.3 Å². The molecular weight excluding hydrogens is 406 g/mol. The number of allylic oxidation sites excluding steroid dienone is 2. The van der Waals surface area contributed by atoms with Gasteiger partial charge in [-0.25, -0.2) is 0 Å². The molecule has 164 valence electrons. The highest BCUT2D eigenvalue weighted by atomic mass is 16.5.